The van der Waals surface area contributed by atoms with Crippen LogP contribution in [0.1, 0.15) is 12.6 Å². The lowest BCUT2D eigenvalue weighted by Gasteiger charge is -1.98. The Morgan fingerprint density at radius 3 is 2.89 bits per heavy atom. The minimum atomic E-state index is 0.735. The number of aryl methyl sites for hydroxylation is 1. The standard InChI is InChI=1S/C7H11NO/c1-3-9-7-4-5-8-6(7)2/h4-5,8H,3H2,1-2H3. The van der Waals surface area contributed by atoms with Crippen molar-refractivity contribution < 1.29 is 4.74 Å². The highest BCUT2D eigenvalue weighted by atomic mass is 16.5. The molecule has 1 aromatic heterocycles. The molecule has 0 bridgehead atoms. The van der Waals surface area contributed by atoms with Gasteiger partial charge in [-0.05, 0) is 19.9 Å². The predicted octanol–water partition coefficient (Wildman–Crippen LogP) is 1.72. The normalized spacial score (nSPS) is 9.56. The molecule has 0 saturated heterocycles. The fourth-order valence-corrected chi connectivity index (χ4v) is 0.750. The molecule has 50 valence electrons. The summed E-state index contributed by atoms with van der Waals surface area (Å²) >= 11 is 0. The molecule has 0 unspecified atom stereocenters. The molecule has 1 rings (SSSR count). The average Bonchev–Trinajstić information content (AvgIpc) is 2.18. The van der Waals surface area contributed by atoms with Crippen LogP contribution in [0.15, 0.2) is 12.3 Å². The van der Waals surface area contributed by atoms with Crippen LogP contribution in [0.25, 0.3) is 0 Å². The Morgan fingerprint density at radius 1 is 1.67 bits per heavy atom. The average molecular weight is 125 g/mol. The van der Waals surface area contributed by atoms with Crippen LogP contribution < -0.4 is 4.74 Å². The van der Waals surface area contributed by atoms with Gasteiger partial charge < -0.3 is 9.72 Å². The summed E-state index contributed by atoms with van der Waals surface area (Å²) < 4.78 is 5.25. The van der Waals surface area contributed by atoms with Gasteiger partial charge in [0, 0.05) is 6.20 Å². The van der Waals surface area contributed by atoms with Crippen LogP contribution in [0.3, 0.4) is 0 Å². The first kappa shape index (κ1) is 6.20. The van der Waals surface area contributed by atoms with E-state index in [2.05, 4.69) is 4.98 Å². The third kappa shape index (κ3) is 1.25. The van der Waals surface area contributed by atoms with Crippen molar-refractivity contribution in [3.63, 3.8) is 0 Å². The second-order valence-electron chi connectivity index (χ2n) is 1.90. The van der Waals surface area contributed by atoms with Gasteiger partial charge in [-0.2, -0.15) is 0 Å². The minimum absolute atomic E-state index is 0.735. The monoisotopic (exact) mass is 125 g/mol. The fraction of sp³-hybridized carbons (Fsp3) is 0.429. The third-order valence-electron chi connectivity index (χ3n) is 1.20. The Balaban J connectivity index is 2.69. The molecule has 2 heteroatoms. The lowest BCUT2D eigenvalue weighted by Crippen LogP contribution is -1.90. The van der Waals surface area contributed by atoms with Gasteiger partial charge in [0.25, 0.3) is 0 Å². The molecule has 2 nitrogen and oxygen atoms in total. The number of aromatic nitrogens is 1. The van der Waals surface area contributed by atoms with Gasteiger partial charge in [-0.15, -0.1) is 0 Å². The number of nitrogens with one attached hydrogen (secondary N) is 1. The molecule has 0 aromatic carbocycles. The van der Waals surface area contributed by atoms with Crippen LogP contribution in [0, 0.1) is 6.92 Å². The molecule has 9 heavy (non-hydrogen) atoms. The Morgan fingerprint density at radius 2 is 2.44 bits per heavy atom. The van der Waals surface area contributed by atoms with Gasteiger partial charge in [0.15, 0.2) is 0 Å². The first-order chi connectivity index (χ1) is 4.34. The number of ether oxygens (including phenoxy) is 1. The van der Waals surface area contributed by atoms with Gasteiger partial charge in [-0.25, -0.2) is 0 Å². The smallest absolute Gasteiger partial charge is 0.139 e. The lowest BCUT2D eigenvalue weighted by molar-refractivity contribution is 0.338. The van der Waals surface area contributed by atoms with Crippen molar-refractivity contribution in [3.05, 3.63) is 18.0 Å². The third-order valence-corrected chi connectivity index (χ3v) is 1.20. The van der Waals surface area contributed by atoms with Crippen molar-refractivity contribution in [1.82, 2.24) is 4.98 Å². The van der Waals surface area contributed by atoms with Crippen LogP contribution in [0.2, 0.25) is 0 Å². The van der Waals surface area contributed by atoms with Crippen LogP contribution in [-0.4, -0.2) is 11.6 Å². The predicted molar refractivity (Wildman–Crippen MR) is 36.7 cm³/mol. The molecule has 0 aliphatic carbocycles. The zero-order chi connectivity index (χ0) is 6.69. The van der Waals surface area contributed by atoms with Crippen LogP contribution in [-0.2, 0) is 0 Å². The largest absolute Gasteiger partial charge is 0.492 e. The van der Waals surface area contributed by atoms with Crippen LogP contribution >= 0.6 is 0 Å². The van der Waals surface area contributed by atoms with E-state index >= 15 is 0 Å². The fourth-order valence-electron chi connectivity index (χ4n) is 0.750. The highest BCUT2D eigenvalue weighted by Crippen LogP contribution is 2.13. The summed E-state index contributed by atoms with van der Waals surface area (Å²) in [6.45, 7) is 4.70. The quantitative estimate of drug-likeness (QED) is 0.639. The molecule has 0 radical (unpaired) electrons. The molecular formula is C7H11NO. The van der Waals surface area contributed by atoms with Gasteiger partial charge in [0.2, 0.25) is 0 Å². The van der Waals surface area contributed by atoms with Crippen molar-refractivity contribution in [1.29, 1.82) is 0 Å². The SMILES string of the molecule is CCOc1cc[nH]c1C. The number of rotatable bonds is 2. The summed E-state index contributed by atoms with van der Waals surface area (Å²) in [5, 5.41) is 0. The Hall–Kier alpha value is -0.920. The first-order valence-corrected chi connectivity index (χ1v) is 3.11. The molecular weight excluding hydrogens is 114 g/mol. The van der Waals surface area contributed by atoms with E-state index in [1.165, 1.54) is 0 Å². The van der Waals surface area contributed by atoms with Crippen LogP contribution in [0.5, 0.6) is 5.75 Å². The molecule has 1 heterocycles. The summed E-state index contributed by atoms with van der Waals surface area (Å²) in [5.74, 6) is 0.956. The molecule has 0 aliphatic heterocycles. The number of H-pyrrole nitrogens is 1. The van der Waals surface area contributed by atoms with Gasteiger partial charge in [0.1, 0.15) is 5.75 Å². The molecule has 0 saturated carbocycles. The first-order valence-electron chi connectivity index (χ1n) is 3.11. The molecule has 0 fully saturated rings. The van der Waals surface area contributed by atoms with Gasteiger partial charge >= 0.3 is 0 Å². The van der Waals surface area contributed by atoms with E-state index in [0.717, 1.165) is 18.1 Å². The summed E-state index contributed by atoms with van der Waals surface area (Å²) in [6, 6.07) is 1.93. The molecule has 1 N–H and O–H groups in total. The zero-order valence-corrected chi connectivity index (χ0v) is 5.77. The number of hydrogen-bond acceptors (Lipinski definition) is 1. The maximum atomic E-state index is 5.25. The minimum Gasteiger partial charge on any atom is -0.492 e. The van der Waals surface area contributed by atoms with E-state index in [1.54, 1.807) is 0 Å². The van der Waals surface area contributed by atoms with E-state index in [9.17, 15) is 0 Å². The maximum Gasteiger partial charge on any atom is 0.139 e. The summed E-state index contributed by atoms with van der Waals surface area (Å²) in [6.07, 6.45) is 1.88. The summed E-state index contributed by atoms with van der Waals surface area (Å²) in [5.41, 5.74) is 1.09. The van der Waals surface area contributed by atoms with Gasteiger partial charge in [-0.3, -0.25) is 0 Å². The van der Waals surface area contributed by atoms with Crippen molar-refractivity contribution in [2.45, 2.75) is 13.8 Å². The highest BCUT2D eigenvalue weighted by molar-refractivity contribution is 5.25. The second-order valence-corrected chi connectivity index (χ2v) is 1.90. The van der Waals surface area contributed by atoms with Crippen molar-refractivity contribution >= 4 is 0 Å². The lowest BCUT2D eigenvalue weighted by atomic mass is 10.4. The van der Waals surface area contributed by atoms with E-state index in [1.807, 2.05) is 26.1 Å². The van der Waals surface area contributed by atoms with Crippen LogP contribution in [0.4, 0.5) is 0 Å². The van der Waals surface area contributed by atoms with Crippen molar-refractivity contribution in [2.24, 2.45) is 0 Å². The number of hydrogen-bond donors (Lipinski definition) is 1. The highest BCUT2D eigenvalue weighted by Gasteiger charge is 1.95. The maximum absolute atomic E-state index is 5.25. The summed E-state index contributed by atoms with van der Waals surface area (Å²) in [4.78, 5) is 3.03. The molecule has 0 atom stereocenters. The van der Waals surface area contributed by atoms with Gasteiger partial charge in [-0.1, -0.05) is 0 Å². The molecule has 1 aromatic rings. The molecule has 0 spiro atoms. The molecule has 0 amide bonds. The Kier molecular flexibility index (Phi) is 1.78. The van der Waals surface area contributed by atoms with E-state index in [4.69, 9.17) is 4.74 Å². The Bertz CT molecular complexity index is 181. The molecule has 0 aliphatic rings. The van der Waals surface area contributed by atoms with E-state index in [0.29, 0.717) is 0 Å². The van der Waals surface area contributed by atoms with Crippen molar-refractivity contribution in [3.8, 4) is 5.75 Å². The van der Waals surface area contributed by atoms with Crippen molar-refractivity contribution in [2.75, 3.05) is 6.61 Å². The van der Waals surface area contributed by atoms with E-state index < -0.39 is 0 Å². The Labute approximate surface area is 54.8 Å². The van der Waals surface area contributed by atoms with E-state index in [-0.39, 0.29) is 0 Å². The second kappa shape index (κ2) is 2.58. The van der Waals surface area contributed by atoms with Gasteiger partial charge in [0.05, 0.1) is 12.3 Å². The topological polar surface area (TPSA) is 25.0 Å². The zero-order valence-electron chi connectivity index (χ0n) is 5.77. The summed E-state index contributed by atoms with van der Waals surface area (Å²) in [7, 11) is 0. The number of aromatic amines is 1.